The Morgan fingerprint density at radius 3 is 2.39 bits per heavy atom. The molecule has 184 valence electrons. The summed E-state index contributed by atoms with van der Waals surface area (Å²) < 4.78 is 7.55. The Labute approximate surface area is 220 Å². The molecule has 0 saturated heterocycles. The minimum atomic E-state index is -1.01. The van der Waals surface area contributed by atoms with E-state index in [1.165, 1.54) is 0 Å². The van der Waals surface area contributed by atoms with Crippen LogP contribution in [0.5, 0.6) is 0 Å². The van der Waals surface area contributed by atoms with Crippen molar-refractivity contribution in [2.45, 2.75) is 31.8 Å². The summed E-state index contributed by atoms with van der Waals surface area (Å²) in [6.45, 7) is 3.49. The maximum Gasteiger partial charge on any atom is 0.320 e. The molecule has 36 heavy (non-hydrogen) atoms. The number of anilines is 1. The predicted molar refractivity (Wildman–Crippen MR) is 142 cm³/mol. The molecule has 8 heteroatoms. The van der Waals surface area contributed by atoms with Gasteiger partial charge in [0, 0.05) is 12.2 Å². The maximum absolute atomic E-state index is 13.9. The van der Waals surface area contributed by atoms with Gasteiger partial charge in [-0.25, -0.2) is 4.68 Å². The first-order chi connectivity index (χ1) is 17.5. The first-order valence-electron chi connectivity index (χ1n) is 11.9. The van der Waals surface area contributed by atoms with Crippen molar-refractivity contribution in [2.24, 2.45) is 0 Å². The van der Waals surface area contributed by atoms with E-state index in [1.807, 2.05) is 84.4 Å². The number of hydrogen-bond acceptors (Lipinski definition) is 5. The third-order valence-electron chi connectivity index (χ3n) is 6.51. The topological polar surface area (TPSA) is 60.2 Å². The molecule has 0 saturated carbocycles. The zero-order chi connectivity index (χ0) is 25.1. The normalized spacial score (nSPS) is 17.0. The molecule has 0 radical (unpaired) electrons. The number of fused-ring (bicyclic) bond motifs is 1. The van der Waals surface area contributed by atoms with E-state index in [0.29, 0.717) is 36.1 Å². The lowest BCUT2D eigenvalue weighted by atomic mass is 9.74. The number of aromatic nitrogens is 3. The smallest absolute Gasteiger partial charge is 0.320 e. The van der Waals surface area contributed by atoms with Gasteiger partial charge in [0.15, 0.2) is 0 Å². The predicted octanol–water partition coefficient (Wildman–Crippen LogP) is 5.70. The van der Waals surface area contributed by atoms with E-state index in [0.717, 1.165) is 28.2 Å². The van der Waals surface area contributed by atoms with Crippen LogP contribution in [0.1, 0.15) is 29.4 Å². The van der Waals surface area contributed by atoms with Gasteiger partial charge in [-0.2, -0.15) is 0 Å². The fraction of sp³-hybridized carbons (Fsp3) is 0.250. The molecular formula is C28H26Cl2N4O2. The van der Waals surface area contributed by atoms with E-state index in [9.17, 15) is 4.79 Å². The maximum atomic E-state index is 13.9. The van der Waals surface area contributed by atoms with Gasteiger partial charge in [0.25, 0.3) is 0 Å². The SMILES string of the molecule is CCOC(=O)C1(Cc2ccccc2)CN(c2ccccc2)Cc2nnn(Cc3ccc(Cl)c(Cl)c3)c21. The number of esters is 1. The van der Waals surface area contributed by atoms with E-state index < -0.39 is 5.41 Å². The molecule has 3 aromatic carbocycles. The van der Waals surface area contributed by atoms with Crippen LogP contribution in [0.15, 0.2) is 78.9 Å². The second kappa shape index (κ2) is 10.3. The van der Waals surface area contributed by atoms with Crippen molar-refractivity contribution in [3.05, 3.63) is 111 Å². The molecule has 1 unspecified atom stereocenters. The zero-order valence-corrected chi connectivity index (χ0v) is 21.4. The Morgan fingerprint density at radius 1 is 0.972 bits per heavy atom. The molecule has 4 aromatic rings. The van der Waals surface area contributed by atoms with Gasteiger partial charge in [-0.1, -0.05) is 83.0 Å². The largest absolute Gasteiger partial charge is 0.465 e. The third-order valence-corrected chi connectivity index (χ3v) is 7.25. The molecule has 6 nitrogen and oxygen atoms in total. The molecule has 1 aliphatic rings. The monoisotopic (exact) mass is 520 g/mol. The van der Waals surface area contributed by atoms with Crippen LogP contribution in [0, 0.1) is 0 Å². The highest BCUT2D eigenvalue weighted by molar-refractivity contribution is 6.42. The molecule has 1 atom stereocenters. The number of ether oxygens (including phenoxy) is 1. The van der Waals surface area contributed by atoms with Gasteiger partial charge < -0.3 is 9.64 Å². The van der Waals surface area contributed by atoms with Crippen LogP contribution in [0.2, 0.25) is 10.0 Å². The molecule has 0 bridgehead atoms. The molecule has 0 amide bonds. The van der Waals surface area contributed by atoms with Crippen LogP contribution in [-0.2, 0) is 34.5 Å². The molecule has 2 heterocycles. The fourth-order valence-corrected chi connectivity index (χ4v) is 5.27. The summed E-state index contributed by atoms with van der Waals surface area (Å²) in [6.07, 6.45) is 0.456. The highest BCUT2D eigenvalue weighted by atomic mass is 35.5. The highest BCUT2D eigenvalue weighted by Crippen LogP contribution is 2.39. The standard InChI is InChI=1S/C28H26Cl2N4O2/c1-2-36-27(35)28(16-20-9-5-3-6-10-20)19-33(22-11-7-4-8-12-22)18-25-26(28)34(32-31-25)17-21-13-14-23(29)24(30)15-21/h3-15H,2,16-19H2,1H3. The summed E-state index contributed by atoms with van der Waals surface area (Å²) in [5.74, 6) is -0.284. The minimum absolute atomic E-state index is 0.282. The van der Waals surface area contributed by atoms with E-state index >= 15 is 0 Å². The van der Waals surface area contributed by atoms with Crippen LogP contribution < -0.4 is 4.90 Å². The van der Waals surface area contributed by atoms with Gasteiger partial charge in [0.05, 0.1) is 35.4 Å². The van der Waals surface area contributed by atoms with Crippen molar-refractivity contribution < 1.29 is 9.53 Å². The van der Waals surface area contributed by atoms with Gasteiger partial charge in [-0.15, -0.1) is 5.10 Å². The molecule has 0 N–H and O–H groups in total. The number of para-hydroxylation sites is 1. The van der Waals surface area contributed by atoms with Crippen molar-refractivity contribution in [3.63, 3.8) is 0 Å². The van der Waals surface area contributed by atoms with Crippen molar-refractivity contribution >= 4 is 34.9 Å². The van der Waals surface area contributed by atoms with Gasteiger partial charge in [-0.05, 0) is 48.7 Å². The number of hydrogen-bond donors (Lipinski definition) is 0. The van der Waals surface area contributed by atoms with Crippen molar-refractivity contribution in [2.75, 3.05) is 18.1 Å². The lowest BCUT2D eigenvalue weighted by Gasteiger charge is -2.41. The van der Waals surface area contributed by atoms with E-state index in [2.05, 4.69) is 15.2 Å². The Morgan fingerprint density at radius 2 is 1.69 bits per heavy atom. The molecule has 1 aromatic heterocycles. The van der Waals surface area contributed by atoms with E-state index in [1.54, 1.807) is 6.07 Å². The van der Waals surface area contributed by atoms with Gasteiger partial charge >= 0.3 is 5.97 Å². The van der Waals surface area contributed by atoms with E-state index in [-0.39, 0.29) is 12.6 Å². The van der Waals surface area contributed by atoms with Crippen molar-refractivity contribution in [3.8, 4) is 0 Å². The Kier molecular flexibility index (Phi) is 6.99. The van der Waals surface area contributed by atoms with Crippen LogP contribution in [0.25, 0.3) is 0 Å². The minimum Gasteiger partial charge on any atom is -0.465 e. The summed E-state index contributed by atoms with van der Waals surface area (Å²) in [4.78, 5) is 16.1. The summed E-state index contributed by atoms with van der Waals surface area (Å²) in [6, 6.07) is 25.6. The van der Waals surface area contributed by atoms with Crippen molar-refractivity contribution in [1.29, 1.82) is 0 Å². The van der Waals surface area contributed by atoms with Crippen LogP contribution in [-0.4, -0.2) is 34.1 Å². The first kappa shape index (κ1) is 24.3. The number of benzene rings is 3. The lowest BCUT2D eigenvalue weighted by Crippen LogP contribution is -2.54. The first-order valence-corrected chi connectivity index (χ1v) is 12.6. The molecule has 5 rings (SSSR count). The van der Waals surface area contributed by atoms with E-state index in [4.69, 9.17) is 27.9 Å². The molecular weight excluding hydrogens is 495 g/mol. The number of carbonyl (C=O) groups excluding carboxylic acids is 1. The zero-order valence-electron chi connectivity index (χ0n) is 19.9. The molecule has 0 spiro atoms. The number of halogens is 2. The second-order valence-corrected chi connectivity index (χ2v) is 9.76. The van der Waals surface area contributed by atoms with Gasteiger partial charge in [0.1, 0.15) is 11.1 Å². The lowest BCUT2D eigenvalue weighted by molar-refractivity contribution is -0.150. The average molecular weight is 521 g/mol. The fourth-order valence-electron chi connectivity index (χ4n) is 4.95. The third kappa shape index (κ3) is 4.71. The second-order valence-electron chi connectivity index (χ2n) is 8.95. The molecule has 0 fully saturated rings. The summed E-state index contributed by atoms with van der Waals surface area (Å²) >= 11 is 12.4. The van der Waals surface area contributed by atoms with Gasteiger partial charge in [0.2, 0.25) is 0 Å². The summed E-state index contributed by atoms with van der Waals surface area (Å²) in [5, 5.41) is 10.0. The van der Waals surface area contributed by atoms with Crippen LogP contribution in [0.3, 0.4) is 0 Å². The molecule has 0 aliphatic carbocycles. The molecule has 1 aliphatic heterocycles. The highest BCUT2D eigenvalue weighted by Gasteiger charge is 2.51. The van der Waals surface area contributed by atoms with Gasteiger partial charge in [-0.3, -0.25) is 4.79 Å². The Hall–Kier alpha value is -3.35. The summed E-state index contributed by atoms with van der Waals surface area (Å²) in [5.41, 5.74) is 3.50. The number of rotatable bonds is 7. The number of carbonyl (C=O) groups is 1. The van der Waals surface area contributed by atoms with Crippen LogP contribution in [0.4, 0.5) is 5.69 Å². The Bertz CT molecular complexity index is 1360. The number of nitrogens with zero attached hydrogens (tertiary/aromatic N) is 4. The quantitative estimate of drug-likeness (QED) is 0.292. The summed E-state index contributed by atoms with van der Waals surface area (Å²) in [7, 11) is 0. The van der Waals surface area contributed by atoms with Crippen molar-refractivity contribution in [1.82, 2.24) is 15.0 Å². The Balaban J connectivity index is 1.65. The average Bonchev–Trinajstić information content (AvgIpc) is 3.30. The van der Waals surface area contributed by atoms with Crippen LogP contribution >= 0.6 is 23.2 Å².